The van der Waals surface area contributed by atoms with Crippen molar-refractivity contribution >= 4 is 29.1 Å². The first-order valence-electron chi connectivity index (χ1n) is 8.22. The molecule has 1 aromatic heterocycles. The molecule has 3 aromatic rings. The summed E-state index contributed by atoms with van der Waals surface area (Å²) in [6.07, 6.45) is 2.73. The highest BCUT2D eigenvalue weighted by Gasteiger charge is 2.39. The Labute approximate surface area is 154 Å². The van der Waals surface area contributed by atoms with Crippen LogP contribution in [-0.4, -0.2) is 27.7 Å². The number of benzene rings is 2. The Morgan fingerprint density at radius 2 is 1.41 bits per heavy atom. The molecule has 0 radical (unpaired) electrons. The van der Waals surface area contributed by atoms with Gasteiger partial charge in [-0.1, -0.05) is 17.7 Å². The van der Waals surface area contributed by atoms with Crippen LogP contribution in [0.25, 0.3) is 0 Å². The van der Waals surface area contributed by atoms with Gasteiger partial charge in [-0.15, -0.1) is 0 Å². The number of carbonyl (C=O) groups is 3. The van der Waals surface area contributed by atoms with Crippen molar-refractivity contribution in [3.8, 4) is 0 Å². The molecule has 1 aliphatic rings. The molecule has 0 saturated heterocycles. The van der Waals surface area contributed by atoms with E-state index in [1.54, 1.807) is 24.3 Å². The number of nitrogens with one attached hydrogen (secondary N) is 1. The Kier molecular flexibility index (Phi) is 3.97. The Balaban J connectivity index is 1.54. The molecule has 3 amide bonds. The minimum absolute atomic E-state index is 0.0312. The van der Waals surface area contributed by atoms with E-state index >= 15 is 0 Å². The summed E-state index contributed by atoms with van der Waals surface area (Å²) in [5.41, 5.74) is 2.62. The second kappa shape index (κ2) is 6.45. The molecular weight excluding hydrogens is 344 g/mol. The number of carbonyl (C=O) groups excluding carboxylic acids is 3. The maximum absolute atomic E-state index is 12.4. The molecule has 1 aliphatic heterocycles. The van der Waals surface area contributed by atoms with Crippen LogP contribution in [0.15, 0.2) is 60.9 Å². The molecule has 7 heteroatoms. The molecule has 4 rings (SSSR count). The van der Waals surface area contributed by atoms with Crippen LogP contribution in [0.2, 0.25) is 0 Å². The topological polar surface area (TPSA) is 92.3 Å². The van der Waals surface area contributed by atoms with E-state index in [-0.39, 0.29) is 17.3 Å². The monoisotopic (exact) mass is 358 g/mol. The first-order valence-corrected chi connectivity index (χ1v) is 8.22. The van der Waals surface area contributed by atoms with Crippen molar-refractivity contribution in [2.45, 2.75) is 6.92 Å². The first kappa shape index (κ1) is 16.6. The van der Waals surface area contributed by atoms with E-state index in [4.69, 9.17) is 0 Å². The average molecular weight is 358 g/mol. The molecule has 0 fully saturated rings. The summed E-state index contributed by atoms with van der Waals surface area (Å²) in [4.78, 5) is 46.1. The maximum atomic E-state index is 12.4. The van der Waals surface area contributed by atoms with Crippen molar-refractivity contribution in [2.24, 2.45) is 0 Å². The maximum Gasteiger partial charge on any atom is 0.286 e. The minimum atomic E-state index is -0.528. The largest absolute Gasteiger partial charge is 0.322 e. The quantitative estimate of drug-likeness (QED) is 0.727. The number of hydrogen-bond donors (Lipinski definition) is 1. The zero-order chi connectivity index (χ0) is 19.0. The van der Waals surface area contributed by atoms with Crippen LogP contribution in [0.5, 0.6) is 0 Å². The van der Waals surface area contributed by atoms with Crippen molar-refractivity contribution in [2.75, 3.05) is 10.2 Å². The van der Waals surface area contributed by atoms with Gasteiger partial charge in [0.2, 0.25) is 0 Å². The van der Waals surface area contributed by atoms with E-state index in [0.717, 1.165) is 10.5 Å². The number of aryl methyl sites for hydroxylation is 1. The van der Waals surface area contributed by atoms with Crippen LogP contribution >= 0.6 is 0 Å². The molecule has 7 nitrogen and oxygen atoms in total. The van der Waals surface area contributed by atoms with Gasteiger partial charge in [-0.05, 0) is 43.3 Å². The Morgan fingerprint density at radius 3 is 1.96 bits per heavy atom. The lowest BCUT2D eigenvalue weighted by atomic mass is 10.1. The molecule has 0 spiro atoms. The van der Waals surface area contributed by atoms with E-state index in [2.05, 4.69) is 15.3 Å². The van der Waals surface area contributed by atoms with Gasteiger partial charge in [0.15, 0.2) is 11.4 Å². The average Bonchev–Trinajstić information content (AvgIpc) is 2.95. The smallest absolute Gasteiger partial charge is 0.286 e. The SMILES string of the molecule is Cc1ccc(NC(=O)c2ccc(N3C(=O)c4nccnc4C3=O)cc2)cc1. The highest BCUT2D eigenvalue weighted by atomic mass is 16.2. The molecular formula is C20H14N4O3. The van der Waals surface area contributed by atoms with E-state index in [1.165, 1.54) is 12.4 Å². The summed E-state index contributed by atoms with van der Waals surface area (Å²) in [6.45, 7) is 1.97. The van der Waals surface area contributed by atoms with Crippen LogP contribution in [0.4, 0.5) is 11.4 Å². The Hall–Kier alpha value is -3.87. The molecule has 132 valence electrons. The molecule has 27 heavy (non-hydrogen) atoms. The second-order valence-electron chi connectivity index (χ2n) is 6.07. The van der Waals surface area contributed by atoms with E-state index in [0.29, 0.717) is 16.9 Å². The number of rotatable bonds is 3. The zero-order valence-corrected chi connectivity index (χ0v) is 14.3. The summed E-state index contributed by atoms with van der Waals surface area (Å²) in [7, 11) is 0. The van der Waals surface area contributed by atoms with E-state index in [9.17, 15) is 14.4 Å². The van der Waals surface area contributed by atoms with Crippen molar-refractivity contribution < 1.29 is 14.4 Å². The van der Waals surface area contributed by atoms with Crippen LogP contribution in [-0.2, 0) is 0 Å². The van der Waals surface area contributed by atoms with Crippen LogP contribution in [0.1, 0.15) is 36.9 Å². The van der Waals surface area contributed by atoms with Crippen LogP contribution in [0, 0.1) is 6.92 Å². The number of amides is 3. The predicted molar refractivity (Wildman–Crippen MR) is 98.7 cm³/mol. The zero-order valence-electron chi connectivity index (χ0n) is 14.3. The molecule has 2 aromatic carbocycles. The van der Waals surface area contributed by atoms with Gasteiger partial charge >= 0.3 is 0 Å². The molecule has 1 N–H and O–H groups in total. The van der Waals surface area contributed by atoms with E-state index < -0.39 is 11.8 Å². The van der Waals surface area contributed by atoms with Crippen molar-refractivity contribution in [3.05, 3.63) is 83.4 Å². The molecule has 2 heterocycles. The third kappa shape index (κ3) is 2.95. The standard InChI is InChI=1S/C20H14N4O3/c1-12-2-6-14(7-3-12)23-18(25)13-4-8-15(9-5-13)24-19(26)16-17(20(24)27)22-11-10-21-16/h2-11H,1H3,(H,23,25). The third-order valence-electron chi connectivity index (χ3n) is 4.21. The third-order valence-corrected chi connectivity index (χ3v) is 4.21. The van der Waals surface area contributed by atoms with Crippen molar-refractivity contribution in [1.29, 1.82) is 0 Å². The molecule has 0 atom stereocenters. The van der Waals surface area contributed by atoms with Crippen molar-refractivity contribution in [3.63, 3.8) is 0 Å². The summed E-state index contributed by atoms with van der Waals surface area (Å²) in [6, 6.07) is 13.7. The van der Waals surface area contributed by atoms with Gasteiger partial charge < -0.3 is 5.32 Å². The van der Waals surface area contributed by atoms with Gasteiger partial charge in [0.1, 0.15) is 0 Å². The Morgan fingerprint density at radius 1 is 0.852 bits per heavy atom. The summed E-state index contributed by atoms with van der Waals surface area (Å²) >= 11 is 0. The summed E-state index contributed by atoms with van der Waals surface area (Å²) < 4.78 is 0. The fourth-order valence-electron chi connectivity index (χ4n) is 2.79. The van der Waals surface area contributed by atoms with Crippen LogP contribution in [0.3, 0.4) is 0 Å². The highest BCUT2D eigenvalue weighted by Crippen LogP contribution is 2.26. The molecule has 0 aliphatic carbocycles. The number of imide groups is 1. The van der Waals surface area contributed by atoms with E-state index in [1.807, 2.05) is 31.2 Å². The van der Waals surface area contributed by atoms with Crippen molar-refractivity contribution in [1.82, 2.24) is 9.97 Å². The van der Waals surface area contributed by atoms with Gasteiger partial charge in [-0.3, -0.25) is 14.4 Å². The second-order valence-corrected chi connectivity index (χ2v) is 6.07. The van der Waals surface area contributed by atoms with Gasteiger partial charge in [0, 0.05) is 23.6 Å². The highest BCUT2D eigenvalue weighted by molar-refractivity contribution is 6.33. The predicted octanol–water partition coefficient (Wildman–Crippen LogP) is 2.84. The minimum Gasteiger partial charge on any atom is -0.322 e. The fraction of sp³-hybridized carbons (Fsp3) is 0.0500. The number of nitrogens with zero attached hydrogens (tertiary/aromatic N) is 3. The van der Waals surface area contributed by atoms with Gasteiger partial charge in [0.25, 0.3) is 17.7 Å². The molecule has 0 unspecified atom stereocenters. The lowest BCUT2D eigenvalue weighted by Gasteiger charge is -2.13. The van der Waals surface area contributed by atoms with Crippen LogP contribution < -0.4 is 10.2 Å². The number of anilines is 2. The van der Waals surface area contributed by atoms with Gasteiger partial charge in [-0.25, -0.2) is 14.9 Å². The number of fused-ring (bicyclic) bond motifs is 1. The normalized spacial score (nSPS) is 12.9. The number of aromatic nitrogens is 2. The molecule has 0 bridgehead atoms. The van der Waals surface area contributed by atoms with Gasteiger partial charge in [-0.2, -0.15) is 0 Å². The Bertz CT molecular complexity index is 1020. The van der Waals surface area contributed by atoms with Gasteiger partial charge in [0.05, 0.1) is 5.69 Å². The lowest BCUT2D eigenvalue weighted by Crippen LogP contribution is -2.29. The fourth-order valence-corrected chi connectivity index (χ4v) is 2.79. The summed E-state index contributed by atoms with van der Waals surface area (Å²) in [5.74, 6) is -1.34. The first-order chi connectivity index (χ1) is 13.0. The summed E-state index contributed by atoms with van der Waals surface area (Å²) in [5, 5.41) is 2.80. The lowest BCUT2D eigenvalue weighted by molar-refractivity contribution is 0.0922. The molecule has 0 saturated carbocycles. The number of hydrogen-bond acceptors (Lipinski definition) is 5.